The lowest BCUT2D eigenvalue weighted by Crippen LogP contribution is -2.47. The van der Waals surface area contributed by atoms with Gasteiger partial charge in [0, 0.05) is 18.9 Å². The lowest BCUT2D eigenvalue weighted by molar-refractivity contribution is -0.152. The second kappa shape index (κ2) is 9.43. The van der Waals surface area contributed by atoms with Gasteiger partial charge < -0.3 is 4.74 Å². The lowest BCUT2D eigenvalue weighted by Gasteiger charge is -2.44. The summed E-state index contributed by atoms with van der Waals surface area (Å²) in [6.45, 7) is 3.96. The molecule has 2 fully saturated rings. The molecular weight excluding hydrogens is 322 g/mol. The van der Waals surface area contributed by atoms with E-state index in [2.05, 4.69) is 17.0 Å². The summed E-state index contributed by atoms with van der Waals surface area (Å²) in [6.07, 6.45) is 8.85. The summed E-state index contributed by atoms with van der Waals surface area (Å²) in [5.74, 6) is 0.259. The van der Waals surface area contributed by atoms with Crippen LogP contribution in [0, 0.1) is 5.92 Å². The molecule has 1 aromatic rings. The summed E-state index contributed by atoms with van der Waals surface area (Å²) in [5, 5.41) is 0. The van der Waals surface area contributed by atoms with E-state index in [0.717, 1.165) is 12.0 Å². The van der Waals surface area contributed by atoms with Gasteiger partial charge in [-0.05, 0) is 44.3 Å². The largest absolute Gasteiger partial charge is 0.457 e. The molecule has 0 N–H and O–H groups in total. The van der Waals surface area contributed by atoms with Crippen molar-refractivity contribution < 1.29 is 9.53 Å². The fourth-order valence-corrected chi connectivity index (χ4v) is 4.42. The van der Waals surface area contributed by atoms with E-state index in [-0.39, 0.29) is 24.5 Å². The van der Waals surface area contributed by atoms with Crippen LogP contribution in [0.1, 0.15) is 63.5 Å². The Bertz CT molecular complexity index is 502. The van der Waals surface area contributed by atoms with Crippen molar-refractivity contribution in [2.45, 2.75) is 64.0 Å². The summed E-state index contributed by atoms with van der Waals surface area (Å²) >= 11 is 0. The minimum absolute atomic E-state index is 0. The maximum Gasteiger partial charge on any atom is 0.303 e. The molecule has 134 valence electrons. The maximum absolute atomic E-state index is 11.7. The number of esters is 1. The van der Waals surface area contributed by atoms with E-state index in [0.29, 0.717) is 12.0 Å². The molecule has 1 aromatic carbocycles. The van der Waals surface area contributed by atoms with Crippen LogP contribution < -0.4 is 0 Å². The van der Waals surface area contributed by atoms with Gasteiger partial charge >= 0.3 is 5.97 Å². The molecule has 1 saturated heterocycles. The quantitative estimate of drug-likeness (QED) is 0.732. The van der Waals surface area contributed by atoms with Crippen LogP contribution in [0.5, 0.6) is 0 Å². The summed E-state index contributed by atoms with van der Waals surface area (Å²) in [4.78, 5) is 14.4. The zero-order valence-electron chi connectivity index (χ0n) is 14.7. The molecule has 0 bridgehead atoms. The van der Waals surface area contributed by atoms with Gasteiger partial charge in [-0.25, -0.2) is 0 Å². The number of piperidine rings is 1. The second-order valence-electron chi connectivity index (χ2n) is 7.05. The van der Waals surface area contributed by atoms with E-state index in [4.69, 9.17) is 4.74 Å². The predicted molar refractivity (Wildman–Crippen MR) is 99.4 cm³/mol. The third-order valence-electron chi connectivity index (χ3n) is 5.45. The van der Waals surface area contributed by atoms with Crippen LogP contribution in [0.25, 0.3) is 0 Å². The van der Waals surface area contributed by atoms with E-state index in [1.807, 2.05) is 18.2 Å². The molecule has 1 aliphatic heterocycles. The first kappa shape index (κ1) is 19.3. The first-order chi connectivity index (χ1) is 11.3. The Hall–Kier alpha value is -1.06. The van der Waals surface area contributed by atoms with Gasteiger partial charge in [0.25, 0.3) is 0 Å². The van der Waals surface area contributed by atoms with Gasteiger partial charge in [0.2, 0.25) is 0 Å². The molecular formula is C20H30ClNO2. The highest BCUT2D eigenvalue weighted by Gasteiger charge is 2.38. The van der Waals surface area contributed by atoms with Gasteiger partial charge in [-0.2, -0.15) is 0 Å². The summed E-state index contributed by atoms with van der Waals surface area (Å²) in [5.41, 5.74) is 1.15. The topological polar surface area (TPSA) is 29.5 Å². The molecule has 1 aliphatic carbocycles. The van der Waals surface area contributed by atoms with Crippen molar-refractivity contribution in [1.29, 1.82) is 0 Å². The van der Waals surface area contributed by atoms with Crippen molar-refractivity contribution in [1.82, 2.24) is 4.90 Å². The fourth-order valence-electron chi connectivity index (χ4n) is 4.42. The number of hydrogen-bond donors (Lipinski definition) is 0. The standard InChI is InChI=1S/C20H29NO2.ClH/c1-16(22)23-20(17-10-4-2-5-11-17)18-12-6-7-13-19(18)21-14-8-3-9-15-21;/h2,4-5,10-11,18-20H,3,6-9,12-15H2,1H3;1H. The number of carbonyl (C=O) groups is 1. The monoisotopic (exact) mass is 351 g/mol. The third-order valence-corrected chi connectivity index (χ3v) is 5.45. The zero-order chi connectivity index (χ0) is 16.1. The fraction of sp³-hybridized carbons (Fsp3) is 0.650. The van der Waals surface area contributed by atoms with Crippen molar-refractivity contribution >= 4 is 18.4 Å². The molecule has 3 unspecified atom stereocenters. The Morgan fingerprint density at radius 1 is 1.04 bits per heavy atom. The molecule has 3 atom stereocenters. The lowest BCUT2D eigenvalue weighted by atomic mass is 9.77. The number of rotatable bonds is 4. The number of nitrogens with zero attached hydrogens (tertiary/aromatic N) is 1. The van der Waals surface area contributed by atoms with Crippen LogP contribution in [-0.2, 0) is 9.53 Å². The molecule has 24 heavy (non-hydrogen) atoms. The summed E-state index contributed by atoms with van der Waals surface area (Å²) in [7, 11) is 0. The van der Waals surface area contributed by atoms with Crippen molar-refractivity contribution in [2.24, 2.45) is 5.92 Å². The predicted octanol–water partition coefficient (Wildman–Crippen LogP) is 4.76. The highest BCUT2D eigenvalue weighted by molar-refractivity contribution is 5.85. The van der Waals surface area contributed by atoms with E-state index in [9.17, 15) is 4.79 Å². The van der Waals surface area contributed by atoms with Crippen LogP contribution in [0.4, 0.5) is 0 Å². The highest BCUT2D eigenvalue weighted by Crippen LogP contribution is 2.40. The molecule has 3 nitrogen and oxygen atoms in total. The van der Waals surface area contributed by atoms with Gasteiger partial charge in [-0.1, -0.05) is 49.6 Å². The van der Waals surface area contributed by atoms with Crippen molar-refractivity contribution in [2.75, 3.05) is 13.1 Å². The van der Waals surface area contributed by atoms with E-state index in [1.54, 1.807) is 0 Å². The van der Waals surface area contributed by atoms with Gasteiger partial charge in [-0.15, -0.1) is 12.4 Å². The van der Waals surface area contributed by atoms with Crippen LogP contribution in [0.2, 0.25) is 0 Å². The SMILES string of the molecule is CC(=O)OC(c1ccccc1)C1CCCCC1N1CCCCC1.Cl. The van der Waals surface area contributed by atoms with E-state index >= 15 is 0 Å². The van der Waals surface area contributed by atoms with Gasteiger partial charge in [0.05, 0.1) is 0 Å². The number of likely N-dealkylation sites (tertiary alicyclic amines) is 1. The molecule has 3 rings (SSSR count). The Morgan fingerprint density at radius 3 is 2.38 bits per heavy atom. The molecule has 2 aliphatic rings. The molecule has 4 heteroatoms. The maximum atomic E-state index is 11.7. The van der Waals surface area contributed by atoms with Crippen LogP contribution in [0.3, 0.4) is 0 Å². The average molecular weight is 352 g/mol. The second-order valence-corrected chi connectivity index (χ2v) is 7.05. The van der Waals surface area contributed by atoms with Crippen LogP contribution >= 0.6 is 12.4 Å². The van der Waals surface area contributed by atoms with Gasteiger partial charge in [0.1, 0.15) is 6.10 Å². The number of halogens is 1. The first-order valence-electron chi connectivity index (χ1n) is 9.22. The smallest absolute Gasteiger partial charge is 0.303 e. The van der Waals surface area contributed by atoms with Crippen LogP contribution in [0.15, 0.2) is 30.3 Å². The van der Waals surface area contributed by atoms with Gasteiger partial charge in [0.15, 0.2) is 0 Å². The number of benzene rings is 1. The van der Waals surface area contributed by atoms with Crippen LogP contribution in [-0.4, -0.2) is 30.0 Å². The van der Waals surface area contributed by atoms with Crippen molar-refractivity contribution in [3.05, 3.63) is 35.9 Å². The molecule has 1 saturated carbocycles. The first-order valence-corrected chi connectivity index (χ1v) is 9.22. The Balaban J connectivity index is 0.00000208. The minimum atomic E-state index is -0.165. The number of hydrogen-bond acceptors (Lipinski definition) is 3. The van der Waals surface area contributed by atoms with Gasteiger partial charge in [-0.3, -0.25) is 9.69 Å². The van der Waals surface area contributed by atoms with E-state index < -0.39 is 0 Å². The highest BCUT2D eigenvalue weighted by atomic mass is 35.5. The van der Waals surface area contributed by atoms with E-state index in [1.165, 1.54) is 58.5 Å². The number of carbonyl (C=O) groups excluding carboxylic acids is 1. The number of ether oxygens (including phenoxy) is 1. The molecule has 0 aromatic heterocycles. The molecule has 0 radical (unpaired) electrons. The normalized spacial score (nSPS) is 26.2. The Labute approximate surface area is 152 Å². The molecule has 0 spiro atoms. The third kappa shape index (κ3) is 4.73. The summed E-state index contributed by atoms with van der Waals surface area (Å²) in [6, 6.07) is 10.9. The van der Waals surface area contributed by atoms with Crippen molar-refractivity contribution in [3.63, 3.8) is 0 Å². The minimum Gasteiger partial charge on any atom is -0.457 e. The van der Waals surface area contributed by atoms with Crippen molar-refractivity contribution in [3.8, 4) is 0 Å². The molecule has 1 heterocycles. The molecule has 0 amide bonds. The summed E-state index contributed by atoms with van der Waals surface area (Å²) < 4.78 is 5.83. The Morgan fingerprint density at radius 2 is 1.71 bits per heavy atom. The average Bonchev–Trinajstić information content (AvgIpc) is 2.61. The Kier molecular flexibility index (Phi) is 7.57. The zero-order valence-corrected chi connectivity index (χ0v) is 15.5.